The second-order valence-corrected chi connectivity index (χ2v) is 11.6. The summed E-state index contributed by atoms with van der Waals surface area (Å²) in [5.74, 6) is -3.14. The topological polar surface area (TPSA) is 165 Å². The van der Waals surface area contributed by atoms with E-state index in [2.05, 4.69) is 15.4 Å². The molecule has 0 radical (unpaired) electrons. The van der Waals surface area contributed by atoms with Gasteiger partial charge in [0.05, 0.1) is 4.90 Å². The zero-order chi connectivity index (χ0) is 29.6. The molecule has 0 fully saturated rings. The number of amides is 2. The molecule has 0 aliphatic rings. The first-order chi connectivity index (χ1) is 18.8. The molecule has 11 nitrogen and oxygen atoms in total. The second-order valence-electron chi connectivity index (χ2n) is 9.91. The van der Waals surface area contributed by atoms with Gasteiger partial charge in [0.2, 0.25) is 21.8 Å². The first kappa shape index (κ1) is 30.4. The maximum atomic E-state index is 13.7. The number of carboxylic acid groups (broad SMARTS) is 1. The molecule has 0 saturated heterocycles. The Labute approximate surface area is 233 Å². The lowest BCUT2D eigenvalue weighted by Crippen LogP contribution is -2.56. The van der Waals surface area contributed by atoms with Crippen molar-refractivity contribution in [2.24, 2.45) is 5.92 Å². The molecule has 0 spiro atoms. The number of aliphatic carboxylic acids is 1. The van der Waals surface area contributed by atoms with Crippen molar-refractivity contribution in [1.29, 1.82) is 0 Å². The van der Waals surface area contributed by atoms with E-state index >= 15 is 0 Å². The van der Waals surface area contributed by atoms with Crippen LogP contribution >= 0.6 is 0 Å². The van der Waals surface area contributed by atoms with Crippen molar-refractivity contribution in [3.63, 3.8) is 0 Å². The van der Waals surface area contributed by atoms with E-state index in [1.54, 1.807) is 44.2 Å². The molecule has 3 rings (SSSR count). The van der Waals surface area contributed by atoms with Crippen molar-refractivity contribution >= 4 is 44.3 Å². The number of carbonyl (C=O) groups is 3. The highest BCUT2D eigenvalue weighted by molar-refractivity contribution is 7.89. The Morgan fingerprint density at radius 2 is 1.52 bits per heavy atom. The van der Waals surface area contributed by atoms with Crippen LogP contribution in [-0.2, 0) is 30.8 Å². The van der Waals surface area contributed by atoms with Crippen LogP contribution in [0.15, 0.2) is 65.6 Å². The second kappa shape index (κ2) is 12.8. The van der Waals surface area contributed by atoms with Crippen molar-refractivity contribution in [3.05, 3.63) is 66.2 Å². The summed E-state index contributed by atoms with van der Waals surface area (Å²) in [5.41, 5.74) is 1.38. The fraction of sp³-hybridized carbons (Fsp3) is 0.321. The number of rotatable bonds is 12. The Balaban J connectivity index is 1.98. The summed E-state index contributed by atoms with van der Waals surface area (Å²) in [4.78, 5) is 38.9. The van der Waals surface area contributed by atoms with Crippen molar-refractivity contribution < 1.29 is 33.0 Å². The number of hydrogen-bond acceptors (Lipinski definition) is 7. The molecule has 2 atom stereocenters. The molecular formula is C28H34N4O7S. The van der Waals surface area contributed by atoms with E-state index in [1.165, 1.54) is 18.2 Å². The lowest BCUT2D eigenvalue weighted by Gasteiger charge is -2.25. The maximum Gasteiger partial charge on any atom is 0.322 e. The molecule has 5 N–H and O–H groups in total. The summed E-state index contributed by atoms with van der Waals surface area (Å²) in [5, 5.41) is 24.6. The SMILES string of the molecule is CC(C)[C@H](NC(=O)[C@H](Cc1ccc(O)cc1)NS(=O)(=O)c1cccc2c(N(C)C)cccc12)C(=O)NCC(=O)O. The van der Waals surface area contributed by atoms with E-state index < -0.39 is 52.4 Å². The molecule has 0 heterocycles. The number of anilines is 1. The van der Waals surface area contributed by atoms with Crippen LogP contribution in [0.2, 0.25) is 0 Å². The van der Waals surface area contributed by atoms with Gasteiger partial charge in [0, 0.05) is 30.6 Å². The molecule has 3 aromatic carbocycles. The number of hydrogen-bond donors (Lipinski definition) is 5. The quantitative estimate of drug-likeness (QED) is 0.220. The van der Waals surface area contributed by atoms with Crippen LogP contribution < -0.4 is 20.3 Å². The van der Waals surface area contributed by atoms with Gasteiger partial charge in [-0.15, -0.1) is 0 Å². The number of sulfonamides is 1. The number of benzene rings is 3. The Bertz CT molecular complexity index is 1490. The highest BCUT2D eigenvalue weighted by Gasteiger charge is 2.32. The van der Waals surface area contributed by atoms with E-state index in [9.17, 15) is 27.9 Å². The Morgan fingerprint density at radius 3 is 2.12 bits per heavy atom. The Kier molecular flexibility index (Phi) is 9.72. The fourth-order valence-electron chi connectivity index (χ4n) is 4.26. The van der Waals surface area contributed by atoms with E-state index in [4.69, 9.17) is 5.11 Å². The number of nitrogens with zero attached hydrogens (tertiary/aromatic N) is 1. The summed E-state index contributed by atoms with van der Waals surface area (Å²) in [6.45, 7) is 2.71. The van der Waals surface area contributed by atoms with E-state index in [1.807, 2.05) is 31.1 Å². The lowest BCUT2D eigenvalue weighted by molar-refractivity contribution is -0.138. The predicted molar refractivity (Wildman–Crippen MR) is 152 cm³/mol. The Morgan fingerprint density at radius 1 is 0.900 bits per heavy atom. The molecule has 0 unspecified atom stereocenters. The van der Waals surface area contributed by atoms with Crippen LogP contribution in [0.5, 0.6) is 5.75 Å². The number of carboxylic acids is 1. The van der Waals surface area contributed by atoms with Gasteiger partial charge in [0.1, 0.15) is 24.4 Å². The minimum atomic E-state index is -4.26. The molecule has 0 saturated carbocycles. The summed E-state index contributed by atoms with van der Waals surface area (Å²) in [6.07, 6.45) is -0.0827. The fourth-order valence-corrected chi connectivity index (χ4v) is 5.67. The van der Waals surface area contributed by atoms with Crippen molar-refractivity contribution in [2.45, 2.75) is 37.2 Å². The number of carbonyl (C=O) groups excluding carboxylic acids is 2. The van der Waals surface area contributed by atoms with E-state index in [0.29, 0.717) is 16.3 Å². The van der Waals surface area contributed by atoms with Crippen LogP contribution in [0.4, 0.5) is 5.69 Å². The van der Waals surface area contributed by atoms with Gasteiger partial charge >= 0.3 is 5.97 Å². The summed E-state index contributed by atoms with van der Waals surface area (Å²) in [7, 11) is -0.554. The van der Waals surface area contributed by atoms with Crippen LogP contribution in [0.3, 0.4) is 0 Å². The standard InChI is InChI=1S/C28H34N4O7S/c1-17(2)26(28(37)29-16-25(34)35)30-27(36)22(15-18-11-13-19(33)14-12-18)31-40(38,39)24-10-6-7-20-21(24)8-5-9-23(20)32(3)4/h5-14,17,22,26,31,33H,15-16H2,1-4H3,(H,29,37)(H,30,36)(H,34,35)/t22-,26-/m0/s1. The van der Waals surface area contributed by atoms with Gasteiger partial charge in [-0.1, -0.05) is 50.2 Å². The number of nitrogens with one attached hydrogen (secondary N) is 3. The average Bonchev–Trinajstić information content (AvgIpc) is 2.89. The third kappa shape index (κ3) is 7.48. The average molecular weight is 571 g/mol. The molecule has 12 heteroatoms. The van der Waals surface area contributed by atoms with Crippen LogP contribution in [0.25, 0.3) is 10.8 Å². The van der Waals surface area contributed by atoms with Crippen molar-refractivity contribution in [2.75, 3.05) is 25.5 Å². The normalized spacial score (nSPS) is 13.0. The molecule has 0 aliphatic carbocycles. The van der Waals surface area contributed by atoms with Crippen LogP contribution in [0, 0.1) is 5.92 Å². The number of phenolic OH excluding ortho intramolecular Hbond substituents is 1. The van der Waals surface area contributed by atoms with Gasteiger partial charge in [-0.25, -0.2) is 8.42 Å². The molecule has 0 bridgehead atoms. The molecule has 40 heavy (non-hydrogen) atoms. The summed E-state index contributed by atoms with van der Waals surface area (Å²) < 4.78 is 30.0. The van der Waals surface area contributed by atoms with Gasteiger partial charge in [0.15, 0.2) is 0 Å². The van der Waals surface area contributed by atoms with Gasteiger partial charge in [-0.3, -0.25) is 14.4 Å². The maximum absolute atomic E-state index is 13.7. The Hall–Kier alpha value is -4.16. The first-order valence-electron chi connectivity index (χ1n) is 12.6. The molecule has 0 aromatic heterocycles. The summed E-state index contributed by atoms with van der Waals surface area (Å²) >= 11 is 0. The minimum absolute atomic E-state index is 0.00718. The van der Waals surface area contributed by atoms with E-state index in [0.717, 1.165) is 5.69 Å². The molecular weight excluding hydrogens is 536 g/mol. The van der Waals surface area contributed by atoms with Gasteiger partial charge in [-0.2, -0.15) is 4.72 Å². The third-order valence-electron chi connectivity index (χ3n) is 6.28. The molecule has 3 aromatic rings. The third-order valence-corrected chi connectivity index (χ3v) is 7.81. The van der Waals surface area contributed by atoms with Crippen molar-refractivity contribution in [3.8, 4) is 5.75 Å². The van der Waals surface area contributed by atoms with Gasteiger partial charge < -0.3 is 25.7 Å². The highest BCUT2D eigenvalue weighted by atomic mass is 32.2. The number of phenols is 1. The largest absolute Gasteiger partial charge is 0.508 e. The smallest absolute Gasteiger partial charge is 0.322 e. The van der Waals surface area contributed by atoms with Crippen LogP contribution in [0.1, 0.15) is 19.4 Å². The zero-order valence-electron chi connectivity index (χ0n) is 22.7. The summed E-state index contributed by atoms with van der Waals surface area (Å²) in [6, 6.07) is 13.7. The number of fused-ring (bicyclic) bond motifs is 1. The molecule has 214 valence electrons. The molecule has 0 aliphatic heterocycles. The zero-order valence-corrected chi connectivity index (χ0v) is 23.5. The van der Waals surface area contributed by atoms with Crippen molar-refractivity contribution in [1.82, 2.24) is 15.4 Å². The lowest BCUT2D eigenvalue weighted by atomic mass is 10.0. The molecule has 2 amide bonds. The van der Waals surface area contributed by atoms with Crippen LogP contribution in [-0.4, -0.2) is 69.1 Å². The highest BCUT2D eigenvalue weighted by Crippen LogP contribution is 2.30. The van der Waals surface area contributed by atoms with E-state index in [-0.39, 0.29) is 17.1 Å². The van der Waals surface area contributed by atoms with Gasteiger partial charge in [0.25, 0.3) is 0 Å². The first-order valence-corrected chi connectivity index (χ1v) is 14.1. The minimum Gasteiger partial charge on any atom is -0.508 e. The monoisotopic (exact) mass is 570 g/mol. The number of aromatic hydroxyl groups is 1. The predicted octanol–water partition coefficient (Wildman–Crippen LogP) is 1.84. The van der Waals surface area contributed by atoms with Gasteiger partial charge in [-0.05, 0) is 42.2 Å².